The van der Waals surface area contributed by atoms with Gasteiger partial charge >= 0.3 is 0 Å². The summed E-state index contributed by atoms with van der Waals surface area (Å²) in [5.74, 6) is 0.200. The monoisotopic (exact) mass is 173 g/mol. The van der Waals surface area contributed by atoms with Gasteiger partial charge in [-0.3, -0.25) is 0 Å². The molecule has 2 heteroatoms. The minimum Gasteiger partial charge on any atom is -0.325 e. The van der Waals surface area contributed by atoms with Crippen molar-refractivity contribution < 1.29 is 4.39 Å². The van der Waals surface area contributed by atoms with E-state index in [0.29, 0.717) is 0 Å². The first-order valence-corrected chi connectivity index (χ1v) is 4.99. The van der Waals surface area contributed by atoms with Crippen molar-refractivity contribution in [3.8, 4) is 0 Å². The van der Waals surface area contributed by atoms with E-state index >= 15 is 0 Å². The highest BCUT2D eigenvalue weighted by atomic mass is 19.1. The van der Waals surface area contributed by atoms with Gasteiger partial charge in [0.05, 0.1) is 0 Å². The summed E-state index contributed by atoms with van der Waals surface area (Å²) in [6, 6.07) is -0.333. The zero-order valence-electron chi connectivity index (χ0n) is 8.15. The van der Waals surface area contributed by atoms with E-state index in [1.807, 2.05) is 0 Å². The second kappa shape index (κ2) is 3.73. The molecule has 1 saturated carbocycles. The van der Waals surface area contributed by atoms with Crippen molar-refractivity contribution in [2.45, 2.75) is 57.7 Å². The highest BCUT2D eigenvalue weighted by molar-refractivity contribution is 4.90. The Morgan fingerprint density at radius 1 is 1.33 bits per heavy atom. The highest BCUT2D eigenvalue weighted by Crippen LogP contribution is 2.36. The van der Waals surface area contributed by atoms with Crippen LogP contribution in [0.3, 0.4) is 0 Å². The van der Waals surface area contributed by atoms with Gasteiger partial charge in [-0.1, -0.05) is 19.3 Å². The van der Waals surface area contributed by atoms with E-state index in [1.165, 1.54) is 19.3 Å². The molecule has 0 radical (unpaired) electrons. The van der Waals surface area contributed by atoms with Crippen LogP contribution in [0.25, 0.3) is 0 Å². The van der Waals surface area contributed by atoms with Crippen molar-refractivity contribution in [1.82, 2.24) is 0 Å². The van der Waals surface area contributed by atoms with Gasteiger partial charge in [-0.05, 0) is 32.6 Å². The molecule has 0 heterocycles. The fraction of sp³-hybridized carbons (Fsp3) is 1.00. The zero-order chi connectivity index (χ0) is 9.19. The summed E-state index contributed by atoms with van der Waals surface area (Å²) in [4.78, 5) is 0. The fourth-order valence-electron chi connectivity index (χ4n) is 2.04. The number of rotatable bonds is 2. The van der Waals surface area contributed by atoms with Crippen molar-refractivity contribution in [1.29, 1.82) is 0 Å². The molecular formula is C10H20FN. The van der Waals surface area contributed by atoms with Crippen LogP contribution in [0.4, 0.5) is 4.39 Å². The van der Waals surface area contributed by atoms with Crippen LogP contribution in [0.15, 0.2) is 0 Å². The van der Waals surface area contributed by atoms with Crippen molar-refractivity contribution in [2.75, 3.05) is 0 Å². The topological polar surface area (TPSA) is 26.0 Å². The lowest BCUT2D eigenvalue weighted by Gasteiger charge is -2.36. The SMILES string of the molecule is CC(N)C(C)(F)C1CCCCC1. The van der Waals surface area contributed by atoms with E-state index in [4.69, 9.17) is 5.73 Å². The number of halogens is 1. The van der Waals surface area contributed by atoms with Crippen LogP contribution in [-0.4, -0.2) is 11.7 Å². The van der Waals surface area contributed by atoms with Gasteiger partial charge in [-0.2, -0.15) is 0 Å². The molecule has 2 atom stereocenters. The molecule has 2 N–H and O–H groups in total. The third-order valence-corrected chi connectivity index (χ3v) is 3.29. The first kappa shape index (κ1) is 9.97. The summed E-state index contributed by atoms with van der Waals surface area (Å²) in [5.41, 5.74) is 4.47. The Kier molecular flexibility index (Phi) is 3.10. The normalized spacial score (nSPS) is 28.0. The molecule has 1 fully saturated rings. The van der Waals surface area contributed by atoms with E-state index in [2.05, 4.69) is 0 Å². The van der Waals surface area contributed by atoms with E-state index in [-0.39, 0.29) is 12.0 Å². The number of nitrogens with two attached hydrogens (primary N) is 1. The van der Waals surface area contributed by atoms with Crippen LogP contribution in [-0.2, 0) is 0 Å². The third kappa shape index (κ3) is 1.98. The summed E-state index contributed by atoms with van der Waals surface area (Å²) in [6.07, 6.45) is 5.67. The maximum atomic E-state index is 14.0. The molecule has 0 aromatic heterocycles. The van der Waals surface area contributed by atoms with Crippen molar-refractivity contribution in [2.24, 2.45) is 11.7 Å². The Balaban J connectivity index is 2.53. The van der Waals surface area contributed by atoms with Gasteiger partial charge in [0, 0.05) is 6.04 Å². The van der Waals surface area contributed by atoms with Crippen LogP contribution < -0.4 is 5.73 Å². The lowest BCUT2D eigenvalue weighted by molar-refractivity contribution is 0.0536. The minimum absolute atomic E-state index is 0.200. The Bertz CT molecular complexity index is 137. The molecular weight excluding hydrogens is 153 g/mol. The summed E-state index contributed by atoms with van der Waals surface area (Å²) in [6.45, 7) is 3.43. The molecule has 1 aliphatic carbocycles. The molecule has 12 heavy (non-hydrogen) atoms. The molecule has 0 aromatic rings. The van der Waals surface area contributed by atoms with Gasteiger partial charge in [0.1, 0.15) is 5.67 Å². The highest BCUT2D eigenvalue weighted by Gasteiger charge is 2.37. The third-order valence-electron chi connectivity index (χ3n) is 3.29. The lowest BCUT2D eigenvalue weighted by Crippen LogP contribution is -2.46. The summed E-state index contributed by atoms with van der Waals surface area (Å²) >= 11 is 0. The van der Waals surface area contributed by atoms with Gasteiger partial charge in [-0.25, -0.2) is 4.39 Å². The van der Waals surface area contributed by atoms with Crippen LogP contribution in [0.5, 0.6) is 0 Å². The van der Waals surface area contributed by atoms with Gasteiger partial charge in [0.25, 0.3) is 0 Å². The standard InChI is InChI=1S/C10H20FN/c1-8(12)10(2,11)9-6-4-3-5-7-9/h8-9H,3-7,12H2,1-2H3. The molecule has 72 valence electrons. The molecule has 2 unspecified atom stereocenters. The summed E-state index contributed by atoms with van der Waals surface area (Å²) in [7, 11) is 0. The zero-order valence-corrected chi connectivity index (χ0v) is 8.15. The second-order valence-corrected chi connectivity index (χ2v) is 4.27. The molecule has 1 rings (SSSR count). The van der Waals surface area contributed by atoms with Gasteiger partial charge < -0.3 is 5.73 Å². The molecule has 0 spiro atoms. The maximum absolute atomic E-state index is 14.0. The number of hydrogen-bond acceptors (Lipinski definition) is 1. The Morgan fingerprint density at radius 3 is 2.25 bits per heavy atom. The first-order chi connectivity index (χ1) is 5.55. The molecule has 0 saturated heterocycles. The molecule has 0 aromatic carbocycles. The summed E-state index contributed by atoms with van der Waals surface area (Å²) in [5, 5.41) is 0. The van der Waals surface area contributed by atoms with Crippen LogP contribution in [0, 0.1) is 5.92 Å². The fourth-order valence-corrected chi connectivity index (χ4v) is 2.04. The van der Waals surface area contributed by atoms with Crippen LogP contribution >= 0.6 is 0 Å². The molecule has 0 amide bonds. The second-order valence-electron chi connectivity index (χ2n) is 4.27. The predicted octanol–water partition coefficient (Wildman–Crippen LogP) is 2.64. The van der Waals surface area contributed by atoms with Gasteiger partial charge in [0.15, 0.2) is 0 Å². The van der Waals surface area contributed by atoms with E-state index < -0.39 is 5.67 Å². The molecule has 1 aliphatic rings. The average molecular weight is 173 g/mol. The molecule has 0 bridgehead atoms. The lowest BCUT2D eigenvalue weighted by atomic mass is 9.76. The smallest absolute Gasteiger partial charge is 0.125 e. The van der Waals surface area contributed by atoms with Crippen molar-refractivity contribution in [3.05, 3.63) is 0 Å². The Hall–Kier alpha value is -0.110. The van der Waals surface area contributed by atoms with Crippen LogP contribution in [0.2, 0.25) is 0 Å². The van der Waals surface area contributed by atoms with Gasteiger partial charge in [-0.15, -0.1) is 0 Å². The first-order valence-electron chi connectivity index (χ1n) is 4.99. The number of hydrogen-bond donors (Lipinski definition) is 1. The van der Waals surface area contributed by atoms with Gasteiger partial charge in [0.2, 0.25) is 0 Å². The Labute approximate surface area is 74.5 Å². The largest absolute Gasteiger partial charge is 0.325 e. The Morgan fingerprint density at radius 2 is 1.83 bits per heavy atom. The van der Waals surface area contributed by atoms with Crippen molar-refractivity contribution in [3.63, 3.8) is 0 Å². The number of alkyl halides is 1. The quantitative estimate of drug-likeness (QED) is 0.682. The van der Waals surface area contributed by atoms with E-state index in [0.717, 1.165) is 12.8 Å². The summed E-state index contributed by atoms with van der Waals surface area (Å²) < 4.78 is 14.0. The molecule has 0 aliphatic heterocycles. The average Bonchev–Trinajstić information content (AvgIpc) is 2.06. The predicted molar refractivity (Wildman–Crippen MR) is 49.7 cm³/mol. The van der Waals surface area contributed by atoms with E-state index in [1.54, 1.807) is 13.8 Å². The maximum Gasteiger partial charge on any atom is 0.125 e. The van der Waals surface area contributed by atoms with E-state index in [9.17, 15) is 4.39 Å². The van der Waals surface area contributed by atoms with Crippen molar-refractivity contribution >= 4 is 0 Å². The molecule has 1 nitrogen and oxygen atoms in total. The van der Waals surface area contributed by atoms with Crippen LogP contribution in [0.1, 0.15) is 46.0 Å². The minimum atomic E-state index is -1.15.